The van der Waals surface area contributed by atoms with Gasteiger partial charge in [0, 0.05) is 6.54 Å². The Morgan fingerprint density at radius 2 is 1.95 bits per heavy atom. The average Bonchev–Trinajstić information content (AvgIpc) is 2.37. The number of hydrogen-bond donors (Lipinski definition) is 2. The van der Waals surface area contributed by atoms with E-state index in [-0.39, 0.29) is 5.91 Å². The van der Waals surface area contributed by atoms with Crippen molar-refractivity contribution in [1.29, 1.82) is 0 Å². The summed E-state index contributed by atoms with van der Waals surface area (Å²) >= 11 is 0. The zero-order valence-corrected chi connectivity index (χ0v) is 12.5. The number of carbonyl (C=O) groups is 2. The van der Waals surface area contributed by atoms with E-state index >= 15 is 0 Å². The number of aliphatic carboxylic acids is 1. The zero-order valence-electron chi connectivity index (χ0n) is 12.5. The standard InChI is InChI=1S/C15H26N2O3/c1-10-5-7-17(12(8-10)13(18)19)14(20)15(16)6-3-4-11(2)9-15/h10-12H,3-9,16H2,1-2H3,(H,18,19). The van der Waals surface area contributed by atoms with E-state index in [0.29, 0.717) is 37.6 Å². The number of carbonyl (C=O) groups excluding carboxylic acids is 1. The summed E-state index contributed by atoms with van der Waals surface area (Å²) in [5.74, 6) is -0.274. The molecule has 0 aromatic carbocycles. The monoisotopic (exact) mass is 282 g/mol. The molecule has 0 aromatic rings. The number of piperidine rings is 1. The Bertz CT molecular complexity index is 399. The lowest BCUT2D eigenvalue weighted by atomic mass is 9.75. The second-order valence-electron chi connectivity index (χ2n) is 6.84. The molecule has 1 aliphatic carbocycles. The van der Waals surface area contributed by atoms with Crippen molar-refractivity contribution in [2.24, 2.45) is 17.6 Å². The molecule has 1 aliphatic heterocycles. The van der Waals surface area contributed by atoms with Gasteiger partial charge in [0.1, 0.15) is 6.04 Å². The fourth-order valence-corrected chi connectivity index (χ4v) is 3.69. The van der Waals surface area contributed by atoms with Gasteiger partial charge in [-0.25, -0.2) is 4.79 Å². The van der Waals surface area contributed by atoms with Gasteiger partial charge in [-0.2, -0.15) is 0 Å². The van der Waals surface area contributed by atoms with Crippen LogP contribution in [0.3, 0.4) is 0 Å². The normalized spacial score (nSPS) is 38.5. The van der Waals surface area contributed by atoms with Crippen LogP contribution in [0.5, 0.6) is 0 Å². The van der Waals surface area contributed by atoms with Crippen LogP contribution in [0.1, 0.15) is 52.4 Å². The molecule has 20 heavy (non-hydrogen) atoms. The van der Waals surface area contributed by atoms with Gasteiger partial charge in [0.15, 0.2) is 0 Å². The summed E-state index contributed by atoms with van der Waals surface area (Å²) in [5.41, 5.74) is 5.48. The first kappa shape index (κ1) is 15.3. The smallest absolute Gasteiger partial charge is 0.326 e. The van der Waals surface area contributed by atoms with Crippen molar-refractivity contribution in [3.63, 3.8) is 0 Å². The van der Waals surface area contributed by atoms with Crippen molar-refractivity contribution in [2.45, 2.75) is 64.0 Å². The van der Waals surface area contributed by atoms with Crippen molar-refractivity contribution in [3.8, 4) is 0 Å². The molecule has 0 spiro atoms. The molecule has 2 aliphatic rings. The summed E-state index contributed by atoms with van der Waals surface area (Å²) in [6, 6.07) is -0.705. The van der Waals surface area contributed by atoms with Crippen molar-refractivity contribution < 1.29 is 14.7 Å². The minimum absolute atomic E-state index is 0.150. The highest BCUT2D eigenvalue weighted by atomic mass is 16.4. The Morgan fingerprint density at radius 3 is 2.55 bits per heavy atom. The predicted molar refractivity (Wildman–Crippen MR) is 76.1 cm³/mol. The van der Waals surface area contributed by atoms with Crippen LogP contribution in [-0.2, 0) is 9.59 Å². The van der Waals surface area contributed by atoms with Crippen LogP contribution in [0.25, 0.3) is 0 Å². The molecule has 0 radical (unpaired) electrons. The Labute approximate surface area is 120 Å². The van der Waals surface area contributed by atoms with Gasteiger partial charge < -0.3 is 15.7 Å². The Hall–Kier alpha value is -1.10. The summed E-state index contributed by atoms with van der Waals surface area (Å²) in [4.78, 5) is 25.7. The minimum Gasteiger partial charge on any atom is -0.480 e. The van der Waals surface area contributed by atoms with Crippen LogP contribution in [0, 0.1) is 11.8 Å². The molecule has 4 unspecified atom stereocenters. The molecule has 2 fully saturated rings. The van der Waals surface area contributed by atoms with Crippen LogP contribution in [0.4, 0.5) is 0 Å². The first-order valence-electron chi connectivity index (χ1n) is 7.66. The van der Waals surface area contributed by atoms with Crippen LogP contribution in [0.2, 0.25) is 0 Å². The quantitative estimate of drug-likeness (QED) is 0.806. The highest BCUT2D eigenvalue weighted by Crippen LogP contribution is 2.34. The summed E-state index contributed by atoms with van der Waals surface area (Å²) in [5, 5.41) is 9.37. The van der Waals surface area contributed by atoms with E-state index in [0.717, 1.165) is 19.3 Å². The molecule has 4 atom stereocenters. The maximum atomic E-state index is 12.8. The molecular formula is C15H26N2O3. The lowest BCUT2D eigenvalue weighted by molar-refractivity contribution is -0.156. The zero-order chi connectivity index (χ0) is 14.9. The number of likely N-dealkylation sites (tertiary alicyclic amines) is 1. The van der Waals surface area contributed by atoms with Gasteiger partial charge in [-0.1, -0.05) is 26.7 Å². The van der Waals surface area contributed by atoms with E-state index in [9.17, 15) is 14.7 Å². The predicted octanol–water partition coefficient (Wildman–Crippen LogP) is 1.61. The molecule has 5 nitrogen and oxygen atoms in total. The lowest BCUT2D eigenvalue weighted by Crippen LogP contribution is -2.62. The highest BCUT2D eigenvalue weighted by molar-refractivity contribution is 5.90. The first-order chi connectivity index (χ1) is 9.33. The van der Waals surface area contributed by atoms with Gasteiger partial charge in [-0.3, -0.25) is 4.79 Å². The van der Waals surface area contributed by atoms with Gasteiger partial charge in [-0.15, -0.1) is 0 Å². The number of amides is 1. The van der Waals surface area contributed by atoms with Crippen molar-refractivity contribution in [1.82, 2.24) is 4.90 Å². The van der Waals surface area contributed by atoms with E-state index in [4.69, 9.17) is 5.73 Å². The maximum absolute atomic E-state index is 12.8. The Kier molecular flexibility index (Phi) is 4.37. The molecule has 1 saturated heterocycles. The second-order valence-corrected chi connectivity index (χ2v) is 6.84. The van der Waals surface area contributed by atoms with Crippen molar-refractivity contribution >= 4 is 11.9 Å². The first-order valence-corrected chi connectivity index (χ1v) is 7.66. The van der Waals surface area contributed by atoms with Gasteiger partial charge in [0.25, 0.3) is 0 Å². The second kappa shape index (κ2) is 5.72. The molecular weight excluding hydrogens is 256 g/mol. The third-order valence-corrected chi connectivity index (χ3v) is 4.87. The molecule has 0 aromatic heterocycles. The highest BCUT2D eigenvalue weighted by Gasteiger charge is 2.45. The van der Waals surface area contributed by atoms with E-state index in [1.807, 2.05) is 6.92 Å². The number of carboxylic acids is 1. The van der Waals surface area contributed by atoms with Gasteiger partial charge in [0.2, 0.25) is 5.91 Å². The largest absolute Gasteiger partial charge is 0.480 e. The van der Waals surface area contributed by atoms with Gasteiger partial charge in [0.05, 0.1) is 5.54 Å². The lowest BCUT2D eigenvalue weighted by Gasteiger charge is -2.43. The summed E-state index contributed by atoms with van der Waals surface area (Å²) < 4.78 is 0. The van der Waals surface area contributed by atoms with E-state index in [1.165, 1.54) is 4.90 Å². The molecule has 0 bridgehead atoms. The van der Waals surface area contributed by atoms with Crippen LogP contribution >= 0.6 is 0 Å². The Balaban J connectivity index is 2.15. The third kappa shape index (κ3) is 2.97. The van der Waals surface area contributed by atoms with E-state index < -0.39 is 17.6 Å². The number of nitrogens with two attached hydrogens (primary N) is 1. The van der Waals surface area contributed by atoms with Gasteiger partial charge in [-0.05, 0) is 37.5 Å². The number of carboxylic acid groups (broad SMARTS) is 1. The fourth-order valence-electron chi connectivity index (χ4n) is 3.69. The average molecular weight is 282 g/mol. The molecule has 1 saturated carbocycles. The van der Waals surface area contributed by atoms with E-state index in [1.54, 1.807) is 0 Å². The molecule has 1 amide bonds. The summed E-state index contributed by atoms with van der Waals surface area (Å²) in [7, 11) is 0. The van der Waals surface area contributed by atoms with Crippen LogP contribution < -0.4 is 5.73 Å². The maximum Gasteiger partial charge on any atom is 0.326 e. The van der Waals surface area contributed by atoms with E-state index in [2.05, 4.69) is 6.92 Å². The number of hydrogen-bond acceptors (Lipinski definition) is 3. The minimum atomic E-state index is -0.905. The molecule has 1 heterocycles. The van der Waals surface area contributed by atoms with Crippen molar-refractivity contribution in [3.05, 3.63) is 0 Å². The topological polar surface area (TPSA) is 83.6 Å². The molecule has 2 rings (SSSR count). The van der Waals surface area contributed by atoms with Gasteiger partial charge >= 0.3 is 5.97 Å². The van der Waals surface area contributed by atoms with Crippen LogP contribution in [-0.4, -0.2) is 40.0 Å². The number of rotatable bonds is 2. The van der Waals surface area contributed by atoms with Crippen molar-refractivity contribution in [2.75, 3.05) is 6.54 Å². The number of nitrogens with zero attached hydrogens (tertiary/aromatic N) is 1. The fraction of sp³-hybridized carbons (Fsp3) is 0.867. The molecule has 5 heteroatoms. The summed E-state index contributed by atoms with van der Waals surface area (Å²) in [6.07, 6.45) is 4.80. The third-order valence-electron chi connectivity index (χ3n) is 4.87. The molecule has 3 N–H and O–H groups in total. The molecule has 114 valence electrons. The summed E-state index contributed by atoms with van der Waals surface area (Å²) in [6.45, 7) is 4.67. The Morgan fingerprint density at radius 1 is 1.25 bits per heavy atom. The SMILES string of the molecule is CC1CCN(C(=O)C2(N)CCCC(C)C2)C(C(=O)O)C1. The van der Waals surface area contributed by atoms with Crippen LogP contribution in [0.15, 0.2) is 0 Å².